The topological polar surface area (TPSA) is 107 Å². The van der Waals surface area contributed by atoms with E-state index in [1.807, 2.05) is 0 Å². The van der Waals surface area contributed by atoms with Crippen LogP contribution in [0.3, 0.4) is 0 Å². The zero-order chi connectivity index (χ0) is 11.6. The highest BCUT2D eigenvalue weighted by atomic mass is 32.2. The maximum absolute atomic E-state index is 10.9. The van der Waals surface area contributed by atoms with E-state index in [2.05, 4.69) is 0 Å². The van der Waals surface area contributed by atoms with Crippen molar-refractivity contribution in [3.8, 4) is 0 Å². The van der Waals surface area contributed by atoms with Gasteiger partial charge in [-0.1, -0.05) is 0 Å². The predicted octanol–water partition coefficient (Wildman–Crippen LogP) is 0.240. The second kappa shape index (κ2) is 4.27. The number of carbonyl (C=O) groups is 1. The molecular formula is C7H9NO5S2. The number of methoxy groups -OCH3 is 1. The first-order valence-corrected chi connectivity index (χ1v) is 6.01. The molecule has 0 fully saturated rings. The Bertz CT molecular complexity index is 476. The largest absolute Gasteiger partial charge is 0.379 e. The van der Waals surface area contributed by atoms with Gasteiger partial charge in [0.2, 0.25) is 0 Å². The summed E-state index contributed by atoms with van der Waals surface area (Å²) in [5.74, 6) is -0.894. The van der Waals surface area contributed by atoms with Gasteiger partial charge in [0.05, 0.1) is 6.61 Å². The molecule has 0 saturated heterocycles. The molecule has 1 rings (SSSR count). The van der Waals surface area contributed by atoms with Crippen LogP contribution in [-0.2, 0) is 21.5 Å². The lowest BCUT2D eigenvalue weighted by molar-refractivity contribution is 0.100. The summed E-state index contributed by atoms with van der Waals surface area (Å²) < 4.78 is 35.4. The highest BCUT2D eigenvalue weighted by Gasteiger charge is 2.22. The smallest absolute Gasteiger partial charge is 0.296 e. The van der Waals surface area contributed by atoms with Gasteiger partial charge in [-0.05, 0) is 6.07 Å². The summed E-state index contributed by atoms with van der Waals surface area (Å²) in [6.07, 6.45) is 0. The second-order valence-corrected chi connectivity index (χ2v) is 5.21. The van der Waals surface area contributed by atoms with E-state index in [4.69, 9.17) is 15.0 Å². The minimum atomic E-state index is -4.42. The lowest BCUT2D eigenvalue weighted by Gasteiger charge is -1.93. The van der Waals surface area contributed by atoms with E-state index in [-0.39, 0.29) is 11.5 Å². The van der Waals surface area contributed by atoms with Crippen molar-refractivity contribution in [1.29, 1.82) is 0 Å². The third-order valence-electron chi connectivity index (χ3n) is 1.54. The van der Waals surface area contributed by atoms with Crippen molar-refractivity contribution in [3.05, 3.63) is 15.8 Å². The minimum Gasteiger partial charge on any atom is -0.379 e. The molecule has 6 nitrogen and oxygen atoms in total. The van der Waals surface area contributed by atoms with Crippen molar-refractivity contribution in [1.82, 2.24) is 0 Å². The Kier molecular flexibility index (Phi) is 3.45. The Morgan fingerprint density at radius 3 is 2.60 bits per heavy atom. The van der Waals surface area contributed by atoms with Crippen molar-refractivity contribution < 1.29 is 22.5 Å². The molecule has 84 valence electrons. The number of hydrogen-bond donors (Lipinski definition) is 2. The van der Waals surface area contributed by atoms with Gasteiger partial charge >= 0.3 is 0 Å². The minimum absolute atomic E-state index is 0.153. The third-order valence-corrected chi connectivity index (χ3v) is 3.67. The Morgan fingerprint density at radius 2 is 2.27 bits per heavy atom. The van der Waals surface area contributed by atoms with Crippen molar-refractivity contribution in [2.45, 2.75) is 11.5 Å². The molecule has 1 aromatic rings. The Morgan fingerprint density at radius 1 is 1.67 bits per heavy atom. The van der Waals surface area contributed by atoms with Gasteiger partial charge in [-0.3, -0.25) is 9.35 Å². The number of amides is 1. The van der Waals surface area contributed by atoms with Gasteiger partial charge in [0.1, 0.15) is 9.77 Å². The molecule has 0 bridgehead atoms. The molecule has 15 heavy (non-hydrogen) atoms. The molecule has 0 saturated carbocycles. The van der Waals surface area contributed by atoms with Crippen LogP contribution in [0.4, 0.5) is 0 Å². The van der Waals surface area contributed by atoms with Crippen molar-refractivity contribution in [2.24, 2.45) is 5.73 Å². The maximum Gasteiger partial charge on any atom is 0.296 e. The van der Waals surface area contributed by atoms with Gasteiger partial charge in [0.15, 0.2) is 0 Å². The van der Waals surface area contributed by atoms with Crippen LogP contribution in [-0.4, -0.2) is 26.0 Å². The molecule has 0 spiro atoms. The molecule has 0 atom stereocenters. The summed E-state index contributed by atoms with van der Waals surface area (Å²) in [5, 5.41) is 0. The summed E-state index contributed by atoms with van der Waals surface area (Å²) in [4.78, 5) is 10.7. The standard InChI is InChI=1S/C7H9NO5S2/c1-13-3-4-2-5(15(10,11)12)6(14-4)7(8)9/h2H,3H2,1H3,(H2,8,9)(H,10,11,12). The average molecular weight is 251 g/mol. The molecule has 1 heterocycles. The number of carbonyl (C=O) groups excluding carboxylic acids is 1. The molecule has 1 amide bonds. The molecule has 1 aromatic heterocycles. The highest BCUT2D eigenvalue weighted by Crippen LogP contribution is 2.26. The van der Waals surface area contributed by atoms with Crippen LogP contribution >= 0.6 is 11.3 Å². The van der Waals surface area contributed by atoms with E-state index < -0.39 is 20.9 Å². The average Bonchev–Trinajstić information content (AvgIpc) is 2.48. The zero-order valence-corrected chi connectivity index (χ0v) is 9.39. The molecule has 8 heteroatoms. The summed E-state index contributed by atoms with van der Waals surface area (Å²) >= 11 is 0.880. The summed E-state index contributed by atoms with van der Waals surface area (Å²) in [6, 6.07) is 1.17. The van der Waals surface area contributed by atoms with Crippen molar-refractivity contribution in [3.63, 3.8) is 0 Å². The highest BCUT2D eigenvalue weighted by molar-refractivity contribution is 7.86. The fourth-order valence-corrected chi connectivity index (χ4v) is 3.02. The van der Waals surface area contributed by atoms with Gasteiger partial charge in [-0.25, -0.2) is 0 Å². The lowest BCUT2D eigenvalue weighted by Crippen LogP contribution is -2.13. The normalized spacial score (nSPS) is 11.6. The van der Waals surface area contributed by atoms with Gasteiger partial charge < -0.3 is 10.5 Å². The van der Waals surface area contributed by atoms with E-state index in [1.165, 1.54) is 13.2 Å². The molecule has 0 radical (unpaired) electrons. The molecule has 0 aliphatic carbocycles. The van der Waals surface area contributed by atoms with Crippen molar-refractivity contribution in [2.75, 3.05) is 7.11 Å². The van der Waals surface area contributed by atoms with Crippen LogP contribution in [0.5, 0.6) is 0 Å². The number of primary amides is 1. The second-order valence-electron chi connectivity index (χ2n) is 2.68. The molecule has 0 aliphatic heterocycles. The van der Waals surface area contributed by atoms with E-state index in [0.29, 0.717) is 4.88 Å². The molecular weight excluding hydrogens is 242 g/mol. The number of hydrogen-bond acceptors (Lipinski definition) is 5. The van der Waals surface area contributed by atoms with Crippen LogP contribution in [0.15, 0.2) is 11.0 Å². The zero-order valence-electron chi connectivity index (χ0n) is 7.76. The number of rotatable bonds is 4. The van der Waals surface area contributed by atoms with Gasteiger partial charge in [-0.15, -0.1) is 11.3 Å². The van der Waals surface area contributed by atoms with E-state index in [9.17, 15) is 13.2 Å². The molecule has 3 N–H and O–H groups in total. The summed E-state index contributed by atoms with van der Waals surface area (Å²) in [5.41, 5.74) is 4.98. The number of thiophene rings is 1. The maximum atomic E-state index is 10.9. The molecule has 0 unspecified atom stereocenters. The molecule has 0 aromatic carbocycles. The van der Waals surface area contributed by atoms with E-state index in [0.717, 1.165) is 11.3 Å². The third kappa shape index (κ3) is 2.75. The van der Waals surface area contributed by atoms with Crippen LogP contribution in [0.1, 0.15) is 14.5 Å². The first kappa shape index (κ1) is 12.1. The van der Waals surface area contributed by atoms with Crippen molar-refractivity contribution >= 4 is 27.4 Å². The molecule has 0 aliphatic rings. The quantitative estimate of drug-likeness (QED) is 0.745. The Labute approximate surface area is 90.4 Å². The predicted molar refractivity (Wildman–Crippen MR) is 53.4 cm³/mol. The first-order chi connectivity index (χ1) is 6.86. The number of nitrogens with two attached hydrogens (primary N) is 1. The van der Waals surface area contributed by atoms with Crippen LogP contribution in [0.2, 0.25) is 0 Å². The van der Waals surface area contributed by atoms with Crippen LogP contribution < -0.4 is 5.73 Å². The van der Waals surface area contributed by atoms with E-state index in [1.54, 1.807) is 0 Å². The Balaban J connectivity index is 3.30. The lowest BCUT2D eigenvalue weighted by atomic mass is 10.4. The monoisotopic (exact) mass is 251 g/mol. The SMILES string of the molecule is COCc1cc(S(=O)(=O)O)c(C(N)=O)s1. The van der Waals surface area contributed by atoms with E-state index >= 15 is 0 Å². The van der Waals surface area contributed by atoms with Gasteiger partial charge in [0.25, 0.3) is 16.0 Å². The fraction of sp³-hybridized carbons (Fsp3) is 0.286. The van der Waals surface area contributed by atoms with Crippen LogP contribution in [0.25, 0.3) is 0 Å². The van der Waals surface area contributed by atoms with Gasteiger partial charge in [0, 0.05) is 12.0 Å². The fourth-order valence-electron chi connectivity index (χ4n) is 0.999. The summed E-state index contributed by atoms with van der Waals surface area (Å²) in [7, 11) is -2.99. The Hall–Kier alpha value is -0.960. The number of ether oxygens (including phenoxy) is 1. The van der Waals surface area contributed by atoms with Crippen LogP contribution in [0, 0.1) is 0 Å². The first-order valence-electron chi connectivity index (χ1n) is 3.75. The summed E-state index contributed by atoms with van der Waals surface area (Å²) in [6.45, 7) is 0.153. The van der Waals surface area contributed by atoms with Gasteiger partial charge in [-0.2, -0.15) is 8.42 Å².